The van der Waals surface area contributed by atoms with Crippen molar-refractivity contribution in [3.63, 3.8) is 0 Å². The second-order valence-corrected chi connectivity index (χ2v) is 10.7. The molecule has 1 aromatic carbocycles. The summed E-state index contributed by atoms with van der Waals surface area (Å²) in [6.45, 7) is 5.26. The van der Waals surface area contributed by atoms with Crippen molar-refractivity contribution in [2.75, 3.05) is 25.4 Å². The Bertz CT molecular complexity index is 1040. The first-order chi connectivity index (χ1) is 16.2. The summed E-state index contributed by atoms with van der Waals surface area (Å²) in [7, 11) is -3.80. The molecule has 10 heteroatoms. The van der Waals surface area contributed by atoms with Gasteiger partial charge in [-0.15, -0.1) is 0 Å². The van der Waals surface area contributed by atoms with Crippen LogP contribution in [0.5, 0.6) is 0 Å². The Hall–Kier alpha value is -2.40. The number of aryl methyl sites for hydroxylation is 3. The van der Waals surface area contributed by atoms with Crippen LogP contribution < -0.4 is 0 Å². The van der Waals surface area contributed by atoms with Crippen molar-refractivity contribution in [2.24, 2.45) is 0 Å². The maximum absolute atomic E-state index is 12.7. The standard InChI is InChI=1S/C24H34N4O5S/c1-19-7-8-20(2)21(16-19)17-33-22-9-14-27(15-10-22)34(31,32)18-24(29)28(30)13-4-3-6-23-25-11-5-12-26-23/h5,7-8,11-12,16,22,30H,3-4,6,9-10,13-15,17-18H2,1-2H3. The molecule has 0 saturated carbocycles. The number of carbonyl (C=O) groups excluding carboxylic acids is 1. The monoisotopic (exact) mass is 490 g/mol. The average Bonchev–Trinajstić information content (AvgIpc) is 2.83. The number of hydroxylamine groups is 2. The normalized spacial score (nSPS) is 15.4. The highest BCUT2D eigenvalue weighted by atomic mass is 32.2. The van der Waals surface area contributed by atoms with Gasteiger partial charge in [0.25, 0.3) is 5.91 Å². The van der Waals surface area contributed by atoms with E-state index in [1.165, 1.54) is 15.4 Å². The van der Waals surface area contributed by atoms with E-state index in [9.17, 15) is 18.4 Å². The van der Waals surface area contributed by atoms with Gasteiger partial charge in [-0.3, -0.25) is 10.0 Å². The lowest BCUT2D eigenvalue weighted by atomic mass is 10.1. The zero-order valence-electron chi connectivity index (χ0n) is 19.9. The third-order valence-electron chi connectivity index (χ3n) is 6.01. The second kappa shape index (κ2) is 12.3. The van der Waals surface area contributed by atoms with Crippen LogP contribution in [0.25, 0.3) is 0 Å². The molecule has 2 heterocycles. The maximum atomic E-state index is 12.7. The van der Waals surface area contributed by atoms with Crippen molar-refractivity contribution in [1.29, 1.82) is 0 Å². The Morgan fingerprint density at radius 3 is 2.59 bits per heavy atom. The quantitative estimate of drug-likeness (QED) is 0.293. The van der Waals surface area contributed by atoms with Crippen molar-refractivity contribution in [2.45, 2.75) is 58.7 Å². The number of unbranched alkanes of at least 4 members (excludes halogenated alkanes) is 1. The van der Waals surface area contributed by atoms with Crippen LogP contribution in [0.4, 0.5) is 0 Å². The van der Waals surface area contributed by atoms with Crippen molar-refractivity contribution >= 4 is 15.9 Å². The molecule has 3 rings (SSSR count). The predicted octanol–water partition coefficient (Wildman–Crippen LogP) is 2.64. The van der Waals surface area contributed by atoms with Crippen LogP contribution in [0.3, 0.4) is 0 Å². The van der Waals surface area contributed by atoms with Crippen molar-refractivity contribution in [3.05, 3.63) is 59.2 Å². The summed E-state index contributed by atoms with van der Waals surface area (Å²) in [5, 5.41) is 10.5. The topological polar surface area (TPSA) is 113 Å². The molecule has 1 aromatic heterocycles. The molecule has 0 spiro atoms. The number of ether oxygens (including phenoxy) is 1. The molecule has 34 heavy (non-hydrogen) atoms. The SMILES string of the molecule is Cc1ccc(C)c(COC2CCN(S(=O)(=O)CC(=O)N(O)CCCCc3ncccn3)CC2)c1. The Morgan fingerprint density at radius 1 is 1.18 bits per heavy atom. The van der Waals surface area contributed by atoms with E-state index in [0.29, 0.717) is 62.7 Å². The fraction of sp³-hybridized carbons (Fsp3) is 0.542. The Labute approximate surface area is 201 Å². The summed E-state index contributed by atoms with van der Waals surface area (Å²) < 4.78 is 32.7. The number of carbonyl (C=O) groups is 1. The van der Waals surface area contributed by atoms with E-state index in [1.54, 1.807) is 18.5 Å². The smallest absolute Gasteiger partial charge is 0.262 e. The Balaban J connectivity index is 1.38. The first-order valence-corrected chi connectivity index (χ1v) is 13.3. The van der Waals surface area contributed by atoms with Gasteiger partial charge in [0.05, 0.1) is 12.7 Å². The summed E-state index contributed by atoms with van der Waals surface area (Å²) in [6.07, 6.45) is 6.27. The van der Waals surface area contributed by atoms with Gasteiger partial charge in [0, 0.05) is 38.4 Å². The molecule has 0 aliphatic carbocycles. The van der Waals surface area contributed by atoms with Crippen LogP contribution in [0, 0.1) is 13.8 Å². The third kappa shape index (κ3) is 7.83. The zero-order chi connectivity index (χ0) is 24.6. The maximum Gasteiger partial charge on any atom is 0.262 e. The molecule has 1 amide bonds. The molecular weight excluding hydrogens is 456 g/mol. The van der Waals surface area contributed by atoms with E-state index in [2.05, 4.69) is 28.2 Å². The Kier molecular flexibility index (Phi) is 9.52. The first kappa shape index (κ1) is 26.2. The Morgan fingerprint density at radius 2 is 1.88 bits per heavy atom. The van der Waals surface area contributed by atoms with Gasteiger partial charge in [-0.25, -0.2) is 27.8 Å². The lowest BCUT2D eigenvalue weighted by Gasteiger charge is -2.31. The highest BCUT2D eigenvalue weighted by Gasteiger charge is 2.31. The number of piperidine rings is 1. The van der Waals surface area contributed by atoms with E-state index in [0.717, 1.165) is 5.56 Å². The lowest BCUT2D eigenvalue weighted by Crippen LogP contribution is -2.45. The number of sulfonamides is 1. The molecule has 186 valence electrons. The van der Waals surface area contributed by atoms with Crippen molar-refractivity contribution < 1.29 is 23.2 Å². The van der Waals surface area contributed by atoms with Gasteiger partial charge in [-0.2, -0.15) is 0 Å². The molecule has 1 aliphatic heterocycles. The van der Waals surface area contributed by atoms with Gasteiger partial charge < -0.3 is 4.74 Å². The molecule has 1 aliphatic rings. The van der Waals surface area contributed by atoms with E-state index >= 15 is 0 Å². The number of benzene rings is 1. The molecule has 2 aromatic rings. The van der Waals surface area contributed by atoms with Crippen molar-refractivity contribution in [3.8, 4) is 0 Å². The van der Waals surface area contributed by atoms with Crippen molar-refractivity contribution in [1.82, 2.24) is 19.3 Å². The second-order valence-electron chi connectivity index (χ2n) is 8.73. The van der Waals surface area contributed by atoms with Crippen LogP contribution in [0.15, 0.2) is 36.7 Å². The number of hydrogen-bond donors (Lipinski definition) is 1. The minimum absolute atomic E-state index is 0.0231. The summed E-state index contributed by atoms with van der Waals surface area (Å²) in [5.74, 6) is -0.856. The summed E-state index contributed by atoms with van der Waals surface area (Å²) in [4.78, 5) is 20.5. The number of aromatic nitrogens is 2. The van der Waals surface area contributed by atoms with Gasteiger partial charge in [-0.1, -0.05) is 23.8 Å². The zero-order valence-corrected chi connectivity index (χ0v) is 20.7. The van der Waals surface area contributed by atoms with Gasteiger partial charge in [0.1, 0.15) is 11.6 Å². The number of rotatable bonds is 11. The number of hydrogen-bond acceptors (Lipinski definition) is 7. The summed E-state index contributed by atoms with van der Waals surface area (Å²) in [5.41, 5.74) is 3.49. The first-order valence-electron chi connectivity index (χ1n) is 11.7. The largest absolute Gasteiger partial charge is 0.373 e. The number of nitrogens with zero attached hydrogens (tertiary/aromatic N) is 4. The lowest BCUT2D eigenvalue weighted by molar-refractivity contribution is -0.162. The molecule has 0 radical (unpaired) electrons. The molecule has 0 bridgehead atoms. The molecule has 1 saturated heterocycles. The van der Waals surface area contributed by atoms with E-state index < -0.39 is 21.7 Å². The highest BCUT2D eigenvalue weighted by Crippen LogP contribution is 2.20. The van der Waals surface area contributed by atoms with E-state index in [4.69, 9.17) is 4.74 Å². The van der Waals surface area contributed by atoms with Crippen LogP contribution in [0.1, 0.15) is 48.2 Å². The molecule has 0 atom stereocenters. The number of amides is 1. The molecule has 1 N–H and O–H groups in total. The van der Waals surface area contributed by atoms with Crippen LogP contribution in [0.2, 0.25) is 0 Å². The molecule has 0 unspecified atom stereocenters. The van der Waals surface area contributed by atoms with Gasteiger partial charge in [-0.05, 0) is 56.7 Å². The average molecular weight is 491 g/mol. The van der Waals surface area contributed by atoms with E-state index in [1.807, 2.05) is 13.8 Å². The fourth-order valence-corrected chi connectivity index (χ4v) is 5.30. The van der Waals surface area contributed by atoms with Crippen LogP contribution in [-0.2, 0) is 32.6 Å². The summed E-state index contributed by atoms with van der Waals surface area (Å²) >= 11 is 0. The minimum atomic E-state index is -3.80. The third-order valence-corrected chi connectivity index (χ3v) is 7.77. The minimum Gasteiger partial charge on any atom is -0.373 e. The predicted molar refractivity (Wildman–Crippen MR) is 128 cm³/mol. The fourth-order valence-electron chi connectivity index (χ4n) is 3.89. The summed E-state index contributed by atoms with van der Waals surface area (Å²) in [6, 6.07) is 7.98. The molecule has 1 fully saturated rings. The van der Waals surface area contributed by atoms with Gasteiger partial charge in [0.2, 0.25) is 10.0 Å². The van der Waals surface area contributed by atoms with E-state index in [-0.39, 0.29) is 12.6 Å². The van der Waals surface area contributed by atoms with Gasteiger partial charge >= 0.3 is 0 Å². The van der Waals surface area contributed by atoms with Gasteiger partial charge in [0.15, 0.2) is 0 Å². The molecule has 9 nitrogen and oxygen atoms in total. The molecular formula is C24H34N4O5S. The highest BCUT2D eigenvalue weighted by molar-refractivity contribution is 7.89. The van der Waals surface area contributed by atoms with Crippen LogP contribution >= 0.6 is 0 Å². The van der Waals surface area contributed by atoms with Crippen LogP contribution in [-0.4, -0.2) is 70.4 Å².